The lowest BCUT2D eigenvalue weighted by molar-refractivity contribution is 0.184. The average Bonchev–Trinajstić information content (AvgIpc) is 2.74. The lowest BCUT2D eigenvalue weighted by Crippen LogP contribution is -2.29. The van der Waals surface area contributed by atoms with E-state index >= 15 is 0 Å². The van der Waals surface area contributed by atoms with Crippen LogP contribution in [0.5, 0.6) is 0 Å². The molecule has 1 aromatic rings. The van der Waals surface area contributed by atoms with Gasteiger partial charge in [0.1, 0.15) is 5.76 Å². The normalized spacial score (nSPS) is 24.4. The molecule has 1 saturated heterocycles. The third-order valence-corrected chi connectivity index (χ3v) is 2.83. The van der Waals surface area contributed by atoms with Gasteiger partial charge in [0.2, 0.25) is 0 Å². The highest BCUT2D eigenvalue weighted by atomic mass is 16.3. The van der Waals surface area contributed by atoms with Crippen molar-refractivity contribution in [3.05, 3.63) is 24.2 Å². The summed E-state index contributed by atoms with van der Waals surface area (Å²) < 4.78 is 5.46. The Balaban J connectivity index is 2.14. The van der Waals surface area contributed by atoms with Crippen molar-refractivity contribution in [3.8, 4) is 0 Å². The molecule has 0 N–H and O–H groups in total. The first-order valence-electron chi connectivity index (χ1n) is 5.08. The zero-order valence-electron chi connectivity index (χ0n) is 8.36. The van der Waals surface area contributed by atoms with E-state index in [-0.39, 0.29) is 0 Å². The predicted octanol–water partition coefficient (Wildman–Crippen LogP) is 2.82. The summed E-state index contributed by atoms with van der Waals surface area (Å²) in [6, 6.07) is 5.21. The molecule has 2 heterocycles. The second kappa shape index (κ2) is 3.54. The minimum absolute atomic E-state index is 0.523. The zero-order chi connectivity index (χ0) is 9.26. The highest BCUT2D eigenvalue weighted by Gasteiger charge is 2.29. The molecule has 0 spiro atoms. The Labute approximate surface area is 79.5 Å². The first-order valence-corrected chi connectivity index (χ1v) is 5.08. The van der Waals surface area contributed by atoms with Crippen molar-refractivity contribution in [1.29, 1.82) is 0 Å². The van der Waals surface area contributed by atoms with Gasteiger partial charge in [-0.3, -0.25) is 4.90 Å². The molecule has 0 aliphatic carbocycles. The molecule has 2 nitrogen and oxygen atoms in total. The molecule has 1 aromatic heterocycles. The van der Waals surface area contributed by atoms with E-state index in [4.69, 9.17) is 4.42 Å². The Morgan fingerprint density at radius 3 is 3.00 bits per heavy atom. The molecule has 1 aliphatic heterocycles. The minimum Gasteiger partial charge on any atom is -0.468 e. The minimum atomic E-state index is 0.523. The number of hydrogen-bond acceptors (Lipinski definition) is 2. The van der Waals surface area contributed by atoms with Crippen molar-refractivity contribution < 1.29 is 4.42 Å². The molecule has 0 aromatic carbocycles. The van der Waals surface area contributed by atoms with Gasteiger partial charge in [0.25, 0.3) is 0 Å². The largest absolute Gasteiger partial charge is 0.468 e. The van der Waals surface area contributed by atoms with Gasteiger partial charge in [0.15, 0.2) is 0 Å². The van der Waals surface area contributed by atoms with E-state index in [1.54, 1.807) is 6.26 Å². The molecule has 72 valence electrons. The quantitative estimate of drug-likeness (QED) is 0.694. The first kappa shape index (κ1) is 8.82. The van der Waals surface area contributed by atoms with E-state index in [9.17, 15) is 0 Å². The zero-order valence-corrected chi connectivity index (χ0v) is 8.36. The van der Waals surface area contributed by atoms with Crippen LogP contribution in [0, 0.1) is 0 Å². The Morgan fingerprint density at radius 2 is 2.38 bits per heavy atom. The van der Waals surface area contributed by atoms with Gasteiger partial charge in [-0.15, -0.1) is 0 Å². The van der Waals surface area contributed by atoms with Crippen LogP contribution in [-0.4, -0.2) is 17.5 Å². The van der Waals surface area contributed by atoms with Crippen molar-refractivity contribution in [3.63, 3.8) is 0 Å². The SMILES string of the molecule is CC(C)N1CCC[C@H]1c1ccco1. The molecule has 0 bridgehead atoms. The third-order valence-electron chi connectivity index (χ3n) is 2.83. The van der Waals surface area contributed by atoms with Crippen molar-refractivity contribution in [1.82, 2.24) is 4.90 Å². The van der Waals surface area contributed by atoms with Gasteiger partial charge in [0.05, 0.1) is 12.3 Å². The molecule has 13 heavy (non-hydrogen) atoms. The molecule has 2 rings (SSSR count). The molecule has 1 atom stereocenters. The van der Waals surface area contributed by atoms with Crippen molar-refractivity contribution >= 4 is 0 Å². The number of likely N-dealkylation sites (tertiary alicyclic amines) is 1. The summed E-state index contributed by atoms with van der Waals surface area (Å²) in [6.07, 6.45) is 4.31. The summed E-state index contributed by atoms with van der Waals surface area (Å²) in [7, 11) is 0. The van der Waals surface area contributed by atoms with Gasteiger partial charge >= 0.3 is 0 Å². The maximum atomic E-state index is 5.46. The molecule has 1 fully saturated rings. The molecule has 0 unspecified atom stereocenters. The maximum Gasteiger partial charge on any atom is 0.120 e. The van der Waals surface area contributed by atoms with E-state index in [1.807, 2.05) is 6.07 Å². The van der Waals surface area contributed by atoms with Crippen LogP contribution in [0.3, 0.4) is 0 Å². The third kappa shape index (κ3) is 1.63. The fraction of sp³-hybridized carbons (Fsp3) is 0.636. The molecule has 0 saturated carbocycles. The van der Waals surface area contributed by atoms with Crippen molar-refractivity contribution in [2.45, 2.75) is 38.8 Å². The Kier molecular flexibility index (Phi) is 2.40. The van der Waals surface area contributed by atoms with E-state index < -0.39 is 0 Å². The smallest absolute Gasteiger partial charge is 0.120 e. The summed E-state index contributed by atoms with van der Waals surface area (Å²) in [6.45, 7) is 5.71. The van der Waals surface area contributed by atoms with Crippen LogP contribution >= 0.6 is 0 Å². The van der Waals surface area contributed by atoms with Gasteiger partial charge in [0, 0.05) is 6.04 Å². The first-order chi connectivity index (χ1) is 6.29. The van der Waals surface area contributed by atoms with E-state index in [0.29, 0.717) is 12.1 Å². The fourth-order valence-electron chi connectivity index (χ4n) is 2.19. The van der Waals surface area contributed by atoms with Crippen molar-refractivity contribution in [2.75, 3.05) is 6.54 Å². The van der Waals surface area contributed by atoms with E-state index in [0.717, 1.165) is 5.76 Å². The number of furan rings is 1. The standard InChI is InChI=1S/C11H17NO/c1-9(2)12-7-3-5-10(12)11-6-4-8-13-11/h4,6,8-10H,3,5,7H2,1-2H3/t10-/m0/s1. The number of hydrogen-bond donors (Lipinski definition) is 0. The summed E-state index contributed by atoms with van der Waals surface area (Å²) in [5.74, 6) is 1.13. The number of nitrogens with zero attached hydrogens (tertiary/aromatic N) is 1. The van der Waals surface area contributed by atoms with Crippen LogP contribution in [0.15, 0.2) is 22.8 Å². The van der Waals surface area contributed by atoms with Crippen LogP contribution in [0.25, 0.3) is 0 Å². The van der Waals surface area contributed by atoms with Crippen LogP contribution in [-0.2, 0) is 0 Å². The van der Waals surface area contributed by atoms with Gasteiger partial charge in [-0.2, -0.15) is 0 Å². The molecule has 0 radical (unpaired) electrons. The second-order valence-corrected chi connectivity index (χ2v) is 4.01. The summed E-state index contributed by atoms with van der Waals surface area (Å²) in [4.78, 5) is 2.51. The van der Waals surface area contributed by atoms with Crippen LogP contribution in [0.4, 0.5) is 0 Å². The van der Waals surface area contributed by atoms with Gasteiger partial charge in [-0.25, -0.2) is 0 Å². The number of rotatable bonds is 2. The summed E-state index contributed by atoms with van der Waals surface area (Å²) >= 11 is 0. The fourth-order valence-corrected chi connectivity index (χ4v) is 2.19. The Bertz CT molecular complexity index is 253. The van der Waals surface area contributed by atoms with E-state index in [1.165, 1.54) is 19.4 Å². The topological polar surface area (TPSA) is 16.4 Å². The highest BCUT2D eigenvalue weighted by molar-refractivity contribution is 5.06. The summed E-state index contributed by atoms with van der Waals surface area (Å²) in [5, 5.41) is 0. The molecular formula is C11H17NO. The summed E-state index contributed by atoms with van der Waals surface area (Å²) in [5.41, 5.74) is 0. The van der Waals surface area contributed by atoms with Crippen LogP contribution < -0.4 is 0 Å². The monoisotopic (exact) mass is 179 g/mol. The highest BCUT2D eigenvalue weighted by Crippen LogP contribution is 2.33. The Hall–Kier alpha value is -0.760. The average molecular weight is 179 g/mol. The molecule has 2 heteroatoms. The lowest BCUT2D eigenvalue weighted by Gasteiger charge is -2.26. The van der Waals surface area contributed by atoms with E-state index in [2.05, 4.69) is 24.8 Å². The Morgan fingerprint density at radius 1 is 1.54 bits per heavy atom. The molecular weight excluding hydrogens is 162 g/mol. The molecule has 0 amide bonds. The lowest BCUT2D eigenvalue weighted by atomic mass is 10.1. The van der Waals surface area contributed by atoms with Gasteiger partial charge in [-0.1, -0.05) is 0 Å². The molecule has 1 aliphatic rings. The predicted molar refractivity (Wildman–Crippen MR) is 52.5 cm³/mol. The van der Waals surface area contributed by atoms with Crippen LogP contribution in [0.2, 0.25) is 0 Å². The van der Waals surface area contributed by atoms with Crippen LogP contribution in [0.1, 0.15) is 38.5 Å². The second-order valence-electron chi connectivity index (χ2n) is 4.01. The maximum absolute atomic E-state index is 5.46. The van der Waals surface area contributed by atoms with Gasteiger partial charge < -0.3 is 4.42 Å². The van der Waals surface area contributed by atoms with Gasteiger partial charge in [-0.05, 0) is 45.4 Å². The van der Waals surface area contributed by atoms with Crippen molar-refractivity contribution in [2.24, 2.45) is 0 Å².